The van der Waals surface area contributed by atoms with Crippen molar-refractivity contribution in [1.29, 1.82) is 5.26 Å². The lowest BCUT2D eigenvalue weighted by molar-refractivity contribution is 0.0205. The van der Waals surface area contributed by atoms with Crippen molar-refractivity contribution in [2.24, 2.45) is 0 Å². The molecule has 204 valence electrons. The Morgan fingerprint density at radius 3 is 2.47 bits per heavy atom. The first kappa shape index (κ1) is 28.7. The number of hydrogen-bond acceptors (Lipinski definition) is 8. The summed E-state index contributed by atoms with van der Waals surface area (Å²) in [5.74, 6) is 0.510. The number of carbonyl (C=O) groups is 1. The van der Waals surface area contributed by atoms with E-state index in [0.717, 1.165) is 18.4 Å². The van der Waals surface area contributed by atoms with Crippen LogP contribution in [0.4, 0.5) is 4.79 Å². The van der Waals surface area contributed by atoms with Crippen molar-refractivity contribution in [3.05, 3.63) is 28.0 Å². The Bertz CT molecular complexity index is 1410. The van der Waals surface area contributed by atoms with Gasteiger partial charge >= 0.3 is 6.09 Å². The van der Waals surface area contributed by atoms with Crippen LogP contribution in [0.5, 0.6) is 0 Å². The number of nitrogens with zero attached hydrogens (tertiary/aromatic N) is 6. The minimum atomic E-state index is -1.76. The average Bonchev–Trinajstić information content (AvgIpc) is 3.40. The maximum atomic E-state index is 12.5. The van der Waals surface area contributed by atoms with Gasteiger partial charge in [-0.1, -0.05) is 36.8 Å². The SMILES string of the molecule is CC.CC(C)(C)OC(=O)N1CCC(c2cc(S(=O)Cl)cn3c(-c4nnc(C5(C#N)CC5)s4)nc(Cl)c23)CC1. The topological polar surface area (TPSA) is 113 Å². The summed E-state index contributed by atoms with van der Waals surface area (Å²) in [6, 6.07) is 4.15. The van der Waals surface area contributed by atoms with Gasteiger partial charge in [-0.05, 0) is 74.7 Å². The van der Waals surface area contributed by atoms with E-state index < -0.39 is 21.0 Å². The number of likely N-dealkylation sites (tertiary alicyclic amines) is 1. The second-order valence-electron chi connectivity index (χ2n) is 10.1. The van der Waals surface area contributed by atoms with Gasteiger partial charge in [-0.25, -0.2) is 14.0 Å². The number of halogens is 2. The third-order valence-corrected chi connectivity index (χ3v) is 8.97. The summed E-state index contributed by atoms with van der Waals surface area (Å²) in [5, 5.41) is 19.5. The van der Waals surface area contributed by atoms with Crippen LogP contribution in [-0.4, -0.2) is 53.5 Å². The van der Waals surface area contributed by atoms with Gasteiger partial charge in [0.05, 0.1) is 16.5 Å². The van der Waals surface area contributed by atoms with E-state index in [2.05, 4.69) is 21.3 Å². The summed E-state index contributed by atoms with van der Waals surface area (Å²) in [6.07, 6.45) is 4.22. The molecule has 4 heterocycles. The minimum absolute atomic E-state index is 0.0479. The van der Waals surface area contributed by atoms with Crippen molar-refractivity contribution in [3.63, 3.8) is 0 Å². The number of imidazole rings is 1. The normalized spacial score (nSPS) is 17.9. The Morgan fingerprint density at radius 1 is 1.26 bits per heavy atom. The molecule has 1 saturated heterocycles. The summed E-state index contributed by atoms with van der Waals surface area (Å²) in [7, 11) is 4.25. The zero-order valence-electron chi connectivity index (χ0n) is 22.0. The zero-order valence-corrected chi connectivity index (χ0v) is 25.1. The Morgan fingerprint density at radius 2 is 1.92 bits per heavy atom. The van der Waals surface area contributed by atoms with Gasteiger partial charge in [0.1, 0.15) is 26.0 Å². The van der Waals surface area contributed by atoms with Gasteiger partial charge in [-0.15, -0.1) is 10.2 Å². The van der Waals surface area contributed by atoms with Crippen LogP contribution in [0.25, 0.3) is 16.3 Å². The van der Waals surface area contributed by atoms with Gasteiger partial charge in [0, 0.05) is 19.3 Å². The highest BCUT2D eigenvalue weighted by atomic mass is 35.7. The molecule has 0 N–H and O–H groups in total. The number of rotatable bonds is 4. The van der Waals surface area contributed by atoms with E-state index in [1.807, 2.05) is 40.7 Å². The number of fused-ring (bicyclic) bond motifs is 1. The number of aromatic nitrogens is 4. The first-order valence-electron chi connectivity index (χ1n) is 12.5. The van der Waals surface area contributed by atoms with Crippen molar-refractivity contribution in [3.8, 4) is 16.9 Å². The molecule has 38 heavy (non-hydrogen) atoms. The molecule has 3 aromatic heterocycles. The van der Waals surface area contributed by atoms with E-state index in [1.54, 1.807) is 15.5 Å². The quantitative estimate of drug-likeness (QED) is 0.317. The molecular formula is C25H30Cl2N6O3S2. The summed E-state index contributed by atoms with van der Waals surface area (Å²) in [4.78, 5) is 19.2. The molecule has 0 radical (unpaired) electrons. The van der Waals surface area contributed by atoms with Gasteiger partial charge in [0.25, 0.3) is 0 Å². The highest BCUT2D eigenvalue weighted by Crippen LogP contribution is 2.49. The number of nitriles is 1. The lowest BCUT2D eigenvalue weighted by Gasteiger charge is -2.34. The van der Waals surface area contributed by atoms with Gasteiger partial charge in [0.15, 0.2) is 16.0 Å². The van der Waals surface area contributed by atoms with E-state index in [0.29, 0.717) is 57.3 Å². The molecule has 2 aliphatic rings. The number of pyridine rings is 1. The lowest BCUT2D eigenvalue weighted by atomic mass is 9.89. The first-order valence-corrected chi connectivity index (χ1v) is 15.7. The maximum Gasteiger partial charge on any atom is 0.410 e. The van der Waals surface area contributed by atoms with E-state index in [4.69, 9.17) is 27.0 Å². The predicted molar refractivity (Wildman–Crippen MR) is 149 cm³/mol. The molecule has 1 atom stereocenters. The second kappa shape index (κ2) is 11.1. The van der Waals surface area contributed by atoms with Gasteiger partial charge in [-0.2, -0.15) is 5.26 Å². The summed E-state index contributed by atoms with van der Waals surface area (Å²) < 4.78 is 19.6. The smallest absolute Gasteiger partial charge is 0.410 e. The van der Waals surface area contributed by atoms with Crippen LogP contribution in [0.2, 0.25) is 5.15 Å². The molecule has 13 heteroatoms. The molecule has 1 aliphatic carbocycles. The van der Waals surface area contributed by atoms with Crippen LogP contribution in [0, 0.1) is 11.3 Å². The second-order valence-corrected chi connectivity index (χ2v) is 13.2. The minimum Gasteiger partial charge on any atom is -0.444 e. The third kappa shape index (κ3) is 5.69. The van der Waals surface area contributed by atoms with E-state index in [9.17, 15) is 14.3 Å². The molecular weight excluding hydrogens is 567 g/mol. The molecule has 9 nitrogen and oxygen atoms in total. The Hall–Kier alpha value is -2.26. The number of ether oxygens (including phenoxy) is 1. The predicted octanol–water partition coefficient (Wildman–Crippen LogP) is 6.46. The van der Waals surface area contributed by atoms with Crippen LogP contribution in [0.1, 0.15) is 76.8 Å². The monoisotopic (exact) mass is 596 g/mol. The number of amides is 1. The Kier molecular flexibility index (Phi) is 8.38. The van der Waals surface area contributed by atoms with Crippen molar-refractivity contribution in [2.45, 2.75) is 82.1 Å². The Balaban J connectivity index is 0.00000164. The maximum absolute atomic E-state index is 12.5. The fourth-order valence-corrected chi connectivity index (χ4v) is 6.40. The van der Waals surface area contributed by atoms with Gasteiger partial charge < -0.3 is 9.64 Å². The van der Waals surface area contributed by atoms with Crippen molar-refractivity contribution < 1.29 is 13.7 Å². The van der Waals surface area contributed by atoms with Crippen molar-refractivity contribution in [1.82, 2.24) is 24.5 Å². The molecule has 1 saturated carbocycles. The van der Waals surface area contributed by atoms with E-state index in [1.165, 1.54) is 11.3 Å². The van der Waals surface area contributed by atoms with Crippen molar-refractivity contribution in [2.75, 3.05) is 13.1 Å². The first-order chi connectivity index (χ1) is 18.0. The van der Waals surface area contributed by atoms with E-state index in [-0.39, 0.29) is 12.0 Å². The van der Waals surface area contributed by atoms with E-state index >= 15 is 0 Å². The fourth-order valence-electron chi connectivity index (χ4n) is 4.43. The van der Waals surface area contributed by atoms with Gasteiger partial charge in [-0.3, -0.25) is 4.40 Å². The summed E-state index contributed by atoms with van der Waals surface area (Å²) >= 11 is 7.97. The standard InChI is InChI=1S/C23H24Cl2N6O3S2.C2H6/c1-22(2,3)34-21(32)30-8-4-13(5-9-30)15-10-14(36(25)33)11-31-16(15)17(24)27-18(31)19-28-29-20(35-19)23(12-26)6-7-23;1-2/h10-11,13H,4-9H2,1-3H3;1-2H3. The number of hydrogen-bond donors (Lipinski definition) is 0. The van der Waals surface area contributed by atoms with Crippen LogP contribution in [0.15, 0.2) is 17.2 Å². The molecule has 1 aliphatic heterocycles. The number of piperidine rings is 1. The van der Waals surface area contributed by atoms with Gasteiger partial charge in [0.2, 0.25) is 0 Å². The molecule has 0 bridgehead atoms. The molecule has 1 amide bonds. The van der Waals surface area contributed by atoms with Crippen LogP contribution < -0.4 is 0 Å². The molecule has 5 rings (SSSR count). The largest absolute Gasteiger partial charge is 0.444 e. The zero-order chi connectivity index (χ0) is 27.8. The molecule has 0 aromatic carbocycles. The summed E-state index contributed by atoms with van der Waals surface area (Å²) in [6.45, 7) is 10.6. The van der Waals surface area contributed by atoms with Crippen LogP contribution in [-0.2, 0) is 20.2 Å². The van der Waals surface area contributed by atoms with Crippen LogP contribution in [0.3, 0.4) is 0 Å². The highest BCUT2D eigenvalue weighted by molar-refractivity contribution is 8.08. The van der Waals surface area contributed by atoms with Crippen LogP contribution >= 0.6 is 33.6 Å². The van der Waals surface area contributed by atoms with Crippen molar-refractivity contribution >= 4 is 55.2 Å². The third-order valence-electron chi connectivity index (χ3n) is 6.46. The fraction of sp³-hybridized carbons (Fsp3) is 0.560. The highest BCUT2D eigenvalue weighted by Gasteiger charge is 2.48. The molecule has 0 spiro atoms. The molecule has 2 fully saturated rings. The summed E-state index contributed by atoms with van der Waals surface area (Å²) in [5.41, 5.74) is 0.445. The molecule has 1 unspecified atom stereocenters. The average molecular weight is 598 g/mol. The Labute approximate surface area is 238 Å². The number of carbonyl (C=O) groups excluding carboxylic acids is 1. The lowest BCUT2D eigenvalue weighted by Crippen LogP contribution is -2.41. The molecule has 3 aromatic rings.